The lowest BCUT2D eigenvalue weighted by Crippen LogP contribution is -2.47. The summed E-state index contributed by atoms with van der Waals surface area (Å²) < 4.78 is 10.3. The van der Waals surface area contributed by atoms with Crippen LogP contribution in [-0.2, 0) is 16.8 Å². The zero-order valence-electron chi connectivity index (χ0n) is 14.5. The summed E-state index contributed by atoms with van der Waals surface area (Å²) in [5.41, 5.74) is 1.07. The fraction of sp³-hybridized carbons (Fsp3) is 0.647. The molecule has 0 spiro atoms. The molecule has 1 aliphatic carbocycles. The maximum atomic E-state index is 12.7. The van der Waals surface area contributed by atoms with E-state index in [1.165, 1.54) is 12.8 Å². The monoisotopic (exact) mass is 332 g/mol. The Morgan fingerprint density at radius 2 is 1.79 bits per heavy atom. The van der Waals surface area contributed by atoms with Crippen molar-refractivity contribution in [3.05, 3.63) is 28.7 Å². The quantitative estimate of drug-likeness (QED) is 0.865. The zero-order chi connectivity index (χ0) is 17.2. The first kappa shape index (κ1) is 16.7. The van der Waals surface area contributed by atoms with Gasteiger partial charge >= 0.3 is 0 Å². The Labute approximate surface area is 141 Å². The molecule has 0 atom stereocenters. The minimum absolute atomic E-state index is 0.0613. The number of hydrogen-bond acceptors (Lipinski definition) is 6. The summed E-state index contributed by atoms with van der Waals surface area (Å²) in [5.74, 6) is 1.74. The van der Waals surface area contributed by atoms with E-state index in [1.807, 2.05) is 13.8 Å². The van der Waals surface area contributed by atoms with Crippen LogP contribution in [0, 0.1) is 20.8 Å². The fourth-order valence-electron chi connectivity index (χ4n) is 3.46. The average molecular weight is 332 g/mol. The number of amides is 1. The second kappa shape index (κ2) is 6.75. The van der Waals surface area contributed by atoms with Gasteiger partial charge in [-0.1, -0.05) is 36.0 Å². The highest BCUT2D eigenvalue weighted by Crippen LogP contribution is 2.34. The molecule has 24 heavy (non-hydrogen) atoms. The number of nitrogens with zero attached hydrogens (tertiary/aromatic N) is 3. The lowest BCUT2D eigenvalue weighted by atomic mass is 9.88. The van der Waals surface area contributed by atoms with E-state index in [0.29, 0.717) is 17.5 Å². The van der Waals surface area contributed by atoms with Crippen molar-refractivity contribution < 1.29 is 13.8 Å². The van der Waals surface area contributed by atoms with Gasteiger partial charge in [-0.2, -0.15) is 4.98 Å². The van der Waals surface area contributed by atoms with E-state index in [1.54, 1.807) is 6.92 Å². The first-order chi connectivity index (χ1) is 11.5. The van der Waals surface area contributed by atoms with Crippen molar-refractivity contribution in [2.45, 2.75) is 71.3 Å². The number of carbonyl (C=O) groups excluding carboxylic acids is 1. The molecule has 0 unspecified atom stereocenters. The molecule has 0 aliphatic heterocycles. The van der Waals surface area contributed by atoms with E-state index in [0.717, 1.165) is 36.9 Å². The van der Waals surface area contributed by atoms with Gasteiger partial charge in [-0.05, 0) is 26.7 Å². The third-order valence-corrected chi connectivity index (χ3v) is 4.81. The van der Waals surface area contributed by atoms with E-state index in [2.05, 4.69) is 20.6 Å². The molecule has 1 amide bonds. The number of carbonyl (C=O) groups is 1. The predicted molar refractivity (Wildman–Crippen MR) is 86.2 cm³/mol. The van der Waals surface area contributed by atoms with Crippen LogP contribution >= 0.6 is 0 Å². The molecule has 2 aromatic heterocycles. The Bertz CT molecular complexity index is 692. The molecular formula is C17H24N4O3. The maximum Gasteiger partial charge on any atom is 0.225 e. The van der Waals surface area contributed by atoms with Crippen molar-refractivity contribution in [3.8, 4) is 0 Å². The Kier molecular flexibility index (Phi) is 4.69. The van der Waals surface area contributed by atoms with Gasteiger partial charge in [0.25, 0.3) is 0 Å². The van der Waals surface area contributed by atoms with Gasteiger partial charge in [0.05, 0.1) is 12.1 Å². The highest BCUT2D eigenvalue weighted by molar-refractivity contribution is 5.79. The summed E-state index contributed by atoms with van der Waals surface area (Å²) in [7, 11) is 0. The number of hydrogen-bond donors (Lipinski definition) is 1. The smallest absolute Gasteiger partial charge is 0.225 e. The van der Waals surface area contributed by atoms with Crippen LogP contribution < -0.4 is 5.32 Å². The van der Waals surface area contributed by atoms with Crippen LogP contribution in [0.4, 0.5) is 0 Å². The standard InChI is InChI=1S/C17H24N4O3/c1-11-14(12(2)23-20-11)10-15(22)19-17(8-6-4-5-7-9-17)16-18-13(3)24-21-16/h4-10H2,1-3H3,(H,19,22). The van der Waals surface area contributed by atoms with Crippen LogP contribution in [0.3, 0.4) is 0 Å². The highest BCUT2D eigenvalue weighted by atomic mass is 16.5. The van der Waals surface area contributed by atoms with Gasteiger partial charge in [0.1, 0.15) is 11.3 Å². The maximum absolute atomic E-state index is 12.7. The van der Waals surface area contributed by atoms with E-state index in [-0.39, 0.29) is 12.3 Å². The Balaban J connectivity index is 1.82. The van der Waals surface area contributed by atoms with E-state index < -0.39 is 5.54 Å². The van der Waals surface area contributed by atoms with Gasteiger partial charge in [0.2, 0.25) is 11.8 Å². The van der Waals surface area contributed by atoms with Crippen molar-refractivity contribution in [3.63, 3.8) is 0 Å². The van der Waals surface area contributed by atoms with Crippen molar-refractivity contribution in [2.24, 2.45) is 0 Å². The van der Waals surface area contributed by atoms with E-state index in [4.69, 9.17) is 9.05 Å². The summed E-state index contributed by atoms with van der Waals surface area (Å²) in [4.78, 5) is 17.1. The molecule has 1 fully saturated rings. The Morgan fingerprint density at radius 3 is 2.33 bits per heavy atom. The number of aryl methyl sites for hydroxylation is 3. The lowest BCUT2D eigenvalue weighted by molar-refractivity contribution is -0.122. The molecule has 130 valence electrons. The Morgan fingerprint density at radius 1 is 1.08 bits per heavy atom. The summed E-state index contributed by atoms with van der Waals surface area (Å²) in [6, 6.07) is 0. The minimum atomic E-state index is -0.537. The van der Waals surface area contributed by atoms with Crippen molar-refractivity contribution >= 4 is 5.91 Å². The molecule has 2 aromatic rings. The zero-order valence-corrected chi connectivity index (χ0v) is 14.5. The van der Waals surface area contributed by atoms with Crippen molar-refractivity contribution in [1.29, 1.82) is 0 Å². The summed E-state index contributed by atoms with van der Waals surface area (Å²) in [5, 5.41) is 11.2. The molecule has 0 aromatic carbocycles. The normalized spacial score (nSPS) is 17.5. The van der Waals surface area contributed by atoms with Gasteiger partial charge < -0.3 is 14.4 Å². The molecule has 3 rings (SSSR count). The van der Waals surface area contributed by atoms with Crippen molar-refractivity contribution in [2.75, 3.05) is 0 Å². The third kappa shape index (κ3) is 3.34. The number of nitrogens with one attached hydrogen (secondary N) is 1. The van der Waals surface area contributed by atoms with E-state index in [9.17, 15) is 4.79 Å². The average Bonchev–Trinajstić information content (AvgIpc) is 3.02. The highest BCUT2D eigenvalue weighted by Gasteiger charge is 2.38. The SMILES string of the molecule is Cc1nc(C2(NC(=O)Cc3c(C)noc3C)CCCCCC2)no1. The van der Waals surface area contributed by atoms with Crippen LogP contribution in [0.2, 0.25) is 0 Å². The van der Waals surface area contributed by atoms with Gasteiger partial charge in [0.15, 0.2) is 5.82 Å². The molecule has 7 nitrogen and oxygen atoms in total. The molecule has 1 N–H and O–H groups in total. The van der Waals surface area contributed by atoms with E-state index >= 15 is 0 Å². The molecule has 1 aliphatic rings. The minimum Gasteiger partial charge on any atom is -0.361 e. The molecule has 0 bridgehead atoms. The summed E-state index contributed by atoms with van der Waals surface area (Å²) in [6.45, 7) is 5.45. The molecular weight excluding hydrogens is 308 g/mol. The van der Waals surface area contributed by atoms with Crippen LogP contribution in [0.25, 0.3) is 0 Å². The predicted octanol–water partition coefficient (Wildman–Crippen LogP) is 2.89. The second-order valence-electron chi connectivity index (χ2n) is 6.66. The van der Waals surface area contributed by atoms with Crippen molar-refractivity contribution in [1.82, 2.24) is 20.6 Å². The molecule has 0 saturated heterocycles. The third-order valence-electron chi connectivity index (χ3n) is 4.81. The largest absolute Gasteiger partial charge is 0.361 e. The van der Waals surface area contributed by atoms with Gasteiger partial charge in [-0.25, -0.2) is 0 Å². The van der Waals surface area contributed by atoms with Gasteiger partial charge in [-0.15, -0.1) is 0 Å². The first-order valence-electron chi connectivity index (χ1n) is 8.54. The topological polar surface area (TPSA) is 94.1 Å². The second-order valence-corrected chi connectivity index (χ2v) is 6.66. The molecule has 2 heterocycles. The number of rotatable bonds is 4. The van der Waals surface area contributed by atoms with Crippen LogP contribution in [0.1, 0.15) is 67.3 Å². The first-order valence-corrected chi connectivity index (χ1v) is 8.54. The molecule has 1 saturated carbocycles. The van der Waals surface area contributed by atoms with Crippen LogP contribution in [0.5, 0.6) is 0 Å². The lowest BCUT2D eigenvalue weighted by Gasteiger charge is -2.30. The summed E-state index contributed by atoms with van der Waals surface area (Å²) >= 11 is 0. The molecule has 7 heteroatoms. The van der Waals surface area contributed by atoms with Gasteiger partial charge in [-0.3, -0.25) is 4.79 Å². The Hall–Kier alpha value is -2.18. The fourth-order valence-corrected chi connectivity index (χ4v) is 3.46. The van der Waals surface area contributed by atoms with Crippen LogP contribution in [0.15, 0.2) is 9.05 Å². The molecule has 0 radical (unpaired) electrons. The summed E-state index contributed by atoms with van der Waals surface area (Å²) in [6.07, 6.45) is 6.33. The number of aromatic nitrogens is 3. The van der Waals surface area contributed by atoms with Gasteiger partial charge in [0, 0.05) is 12.5 Å². The van der Waals surface area contributed by atoms with Crippen LogP contribution in [-0.4, -0.2) is 21.2 Å².